The van der Waals surface area contributed by atoms with E-state index in [0.29, 0.717) is 11.6 Å². The van der Waals surface area contributed by atoms with Crippen LogP contribution in [0.3, 0.4) is 0 Å². The van der Waals surface area contributed by atoms with Crippen molar-refractivity contribution in [1.82, 2.24) is 4.98 Å². The van der Waals surface area contributed by atoms with Gasteiger partial charge in [-0.1, -0.05) is 17.7 Å². The Kier molecular flexibility index (Phi) is 6.98. The molecule has 33 heavy (non-hydrogen) atoms. The molecule has 0 spiro atoms. The summed E-state index contributed by atoms with van der Waals surface area (Å²) in [4.78, 5) is 19.3. The zero-order valence-corrected chi connectivity index (χ0v) is 19.3. The van der Waals surface area contributed by atoms with Crippen LogP contribution in [-0.4, -0.2) is 44.2 Å². The first-order valence-corrected chi connectivity index (χ1v) is 11.1. The lowest BCUT2D eigenvalue weighted by molar-refractivity contribution is 0.102. The Bertz CT molecular complexity index is 1050. The van der Waals surface area contributed by atoms with Gasteiger partial charge in [0.15, 0.2) is 0 Å². The van der Waals surface area contributed by atoms with E-state index in [9.17, 15) is 4.79 Å². The normalized spacial score (nSPS) is 14.0. The number of hydrogen-bond donors (Lipinski definition) is 2. The summed E-state index contributed by atoms with van der Waals surface area (Å²) in [5.74, 6) is 2.27. The van der Waals surface area contributed by atoms with Crippen LogP contribution in [0.2, 0.25) is 0 Å². The molecule has 0 radical (unpaired) electrons. The number of methoxy groups -OCH3 is 2. The van der Waals surface area contributed by atoms with Gasteiger partial charge in [-0.05, 0) is 44.0 Å². The molecule has 3 aromatic rings. The molecule has 4 rings (SSSR count). The van der Waals surface area contributed by atoms with Crippen molar-refractivity contribution in [2.24, 2.45) is 0 Å². The molecule has 1 aliphatic heterocycles. The van der Waals surface area contributed by atoms with Crippen molar-refractivity contribution in [2.75, 3.05) is 42.8 Å². The van der Waals surface area contributed by atoms with Crippen LogP contribution in [-0.2, 0) is 0 Å². The lowest BCUT2D eigenvalue weighted by atomic mass is 10.0. The molecule has 0 bridgehead atoms. The second-order valence-corrected chi connectivity index (χ2v) is 8.23. The summed E-state index contributed by atoms with van der Waals surface area (Å²) in [6, 6.07) is 17.7. The summed E-state index contributed by atoms with van der Waals surface area (Å²) < 4.78 is 10.7. The van der Waals surface area contributed by atoms with Crippen LogP contribution in [0.1, 0.15) is 28.8 Å². The first-order chi connectivity index (χ1) is 16.0. The third kappa shape index (κ3) is 5.74. The maximum absolute atomic E-state index is 12.5. The Morgan fingerprint density at radius 3 is 2.18 bits per heavy atom. The number of aryl methyl sites for hydroxylation is 1. The van der Waals surface area contributed by atoms with Gasteiger partial charge in [0.05, 0.1) is 19.8 Å². The topological polar surface area (TPSA) is 75.7 Å². The molecule has 2 heterocycles. The van der Waals surface area contributed by atoms with Gasteiger partial charge < -0.3 is 25.0 Å². The van der Waals surface area contributed by atoms with E-state index in [1.54, 1.807) is 20.4 Å². The van der Waals surface area contributed by atoms with E-state index in [1.165, 1.54) is 0 Å². The Labute approximate surface area is 194 Å². The number of pyridine rings is 1. The summed E-state index contributed by atoms with van der Waals surface area (Å²) in [7, 11) is 3.31. The van der Waals surface area contributed by atoms with Gasteiger partial charge in [0.1, 0.15) is 17.3 Å². The number of ether oxygens (including phenoxy) is 2. The molecule has 0 unspecified atom stereocenters. The van der Waals surface area contributed by atoms with Crippen LogP contribution in [0, 0.1) is 6.92 Å². The summed E-state index contributed by atoms with van der Waals surface area (Å²) in [5.41, 5.74) is 3.47. The van der Waals surface area contributed by atoms with Gasteiger partial charge in [-0.3, -0.25) is 4.79 Å². The first kappa shape index (κ1) is 22.5. The summed E-state index contributed by atoms with van der Waals surface area (Å²) in [6.45, 7) is 3.80. The molecule has 172 valence electrons. The second-order valence-electron chi connectivity index (χ2n) is 8.23. The molecule has 0 atom stereocenters. The number of hydrogen-bond acceptors (Lipinski definition) is 6. The monoisotopic (exact) mass is 446 g/mol. The van der Waals surface area contributed by atoms with Crippen molar-refractivity contribution in [3.05, 3.63) is 71.9 Å². The fraction of sp³-hybridized carbons (Fsp3) is 0.308. The number of rotatable bonds is 7. The van der Waals surface area contributed by atoms with E-state index in [1.807, 2.05) is 61.5 Å². The first-order valence-electron chi connectivity index (χ1n) is 11.1. The number of carbonyl (C=O) groups is 1. The summed E-state index contributed by atoms with van der Waals surface area (Å²) >= 11 is 0. The third-order valence-electron chi connectivity index (χ3n) is 5.86. The fourth-order valence-corrected chi connectivity index (χ4v) is 3.93. The fourth-order valence-electron chi connectivity index (χ4n) is 3.93. The van der Waals surface area contributed by atoms with E-state index in [-0.39, 0.29) is 5.91 Å². The minimum atomic E-state index is -0.158. The molecular weight excluding hydrogens is 416 g/mol. The smallest absolute Gasteiger partial charge is 0.257 e. The third-order valence-corrected chi connectivity index (χ3v) is 5.86. The highest BCUT2D eigenvalue weighted by Gasteiger charge is 2.21. The Hall–Kier alpha value is -3.74. The van der Waals surface area contributed by atoms with Crippen molar-refractivity contribution >= 4 is 23.1 Å². The van der Waals surface area contributed by atoms with Crippen molar-refractivity contribution < 1.29 is 14.3 Å². The maximum atomic E-state index is 12.5. The standard InChI is InChI=1S/C26H30N4O3/c1-18-4-7-20(8-5-18)29-26(31)19-6-9-25(27-17-19)30-12-10-21(11-13-30)28-22-14-23(32-2)16-24(15-22)33-3/h4-9,14-17,21,28H,10-13H2,1-3H3,(H,29,31). The van der Waals surface area contributed by atoms with Gasteiger partial charge in [-0.2, -0.15) is 0 Å². The molecule has 1 fully saturated rings. The Morgan fingerprint density at radius 2 is 1.61 bits per heavy atom. The molecule has 2 N–H and O–H groups in total. The molecule has 1 amide bonds. The highest BCUT2D eigenvalue weighted by atomic mass is 16.5. The highest BCUT2D eigenvalue weighted by Crippen LogP contribution is 2.28. The van der Waals surface area contributed by atoms with Gasteiger partial charge in [0, 0.05) is 54.9 Å². The average molecular weight is 447 g/mol. The van der Waals surface area contributed by atoms with Crippen LogP contribution in [0.25, 0.3) is 0 Å². The molecular formula is C26H30N4O3. The molecule has 2 aromatic carbocycles. The molecule has 0 saturated carbocycles. The lowest BCUT2D eigenvalue weighted by Gasteiger charge is -2.33. The zero-order valence-electron chi connectivity index (χ0n) is 19.3. The number of aromatic nitrogens is 1. The molecule has 1 aromatic heterocycles. The quantitative estimate of drug-likeness (QED) is 0.546. The van der Waals surface area contributed by atoms with E-state index >= 15 is 0 Å². The van der Waals surface area contributed by atoms with E-state index in [0.717, 1.165) is 60.2 Å². The number of piperidine rings is 1. The molecule has 0 aliphatic carbocycles. The van der Waals surface area contributed by atoms with Crippen molar-refractivity contribution in [2.45, 2.75) is 25.8 Å². The van der Waals surface area contributed by atoms with E-state index in [2.05, 4.69) is 20.5 Å². The van der Waals surface area contributed by atoms with Crippen LogP contribution in [0.5, 0.6) is 11.5 Å². The van der Waals surface area contributed by atoms with Crippen LogP contribution < -0.4 is 25.0 Å². The van der Waals surface area contributed by atoms with Crippen molar-refractivity contribution in [3.63, 3.8) is 0 Å². The predicted molar refractivity (Wildman–Crippen MR) is 132 cm³/mol. The minimum absolute atomic E-state index is 0.158. The SMILES string of the molecule is COc1cc(NC2CCN(c3ccc(C(=O)Nc4ccc(C)cc4)cn3)CC2)cc(OC)c1. The van der Waals surface area contributed by atoms with E-state index < -0.39 is 0 Å². The number of nitrogens with one attached hydrogen (secondary N) is 2. The lowest BCUT2D eigenvalue weighted by Crippen LogP contribution is -2.39. The highest BCUT2D eigenvalue weighted by molar-refractivity contribution is 6.04. The van der Waals surface area contributed by atoms with Gasteiger partial charge >= 0.3 is 0 Å². The summed E-state index contributed by atoms with van der Waals surface area (Å²) in [5, 5.41) is 6.50. The van der Waals surface area contributed by atoms with Gasteiger partial charge in [0.25, 0.3) is 5.91 Å². The number of anilines is 3. The second kappa shape index (κ2) is 10.3. The zero-order chi connectivity index (χ0) is 23.2. The molecule has 1 aliphatic rings. The number of nitrogens with zero attached hydrogens (tertiary/aromatic N) is 2. The van der Waals surface area contributed by atoms with Gasteiger partial charge in [-0.15, -0.1) is 0 Å². The number of benzene rings is 2. The van der Waals surface area contributed by atoms with Gasteiger partial charge in [-0.25, -0.2) is 4.98 Å². The van der Waals surface area contributed by atoms with Crippen LogP contribution >= 0.6 is 0 Å². The minimum Gasteiger partial charge on any atom is -0.497 e. The van der Waals surface area contributed by atoms with Crippen molar-refractivity contribution in [1.29, 1.82) is 0 Å². The Balaban J connectivity index is 1.31. The Morgan fingerprint density at radius 1 is 0.939 bits per heavy atom. The predicted octanol–water partition coefficient (Wildman–Crippen LogP) is 4.74. The largest absolute Gasteiger partial charge is 0.497 e. The summed E-state index contributed by atoms with van der Waals surface area (Å²) in [6.07, 6.45) is 3.61. The van der Waals surface area contributed by atoms with Crippen LogP contribution in [0.4, 0.5) is 17.2 Å². The van der Waals surface area contributed by atoms with E-state index in [4.69, 9.17) is 9.47 Å². The number of carbonyl (C=O) groups excluding carboxylic acids is 1. The van der Waals surface area contributed by atoms with Crippen molar-refractivity contribution in [3.8, 4) is 11.5 Å². The maximum Gasteiger partial charge on any atom is 0.257 e. The molecule has 1 saturated heterocycles. The van der Waals surface area contributed by atoms with Crippen LogP contribution in [0.15, 0.2) is 60.8 Å². The molecule has 7 heteroatoms. The molecule has 7 nitrogen and oxygen atoms in total. The van der Waals surface area contributed by atoms with Gasteiger partial charge in [0.2, 0.25) is 0 Å². The average Bonchev–Trinajstić information content (AvgIpc) is 2.85. The number of amides is 1.